The summed E-state index contributed by atoms with van der Waals surface area (Å²) >= 11 is 3.53. The molecule has 202 valence electrons. The van der Waals surface area contributed by atoms with Crippen LogP contribution in [-0.2, 0) is 32.9 Å². The summed E-state index contributed by atoms with van der Waals surface area (Å²) in [5, 5.41) is 10.1. The molecule has 0 unspecified atom stereocenters. The molecule has 3 heterocycles. The van der Waals surface area contributed by atoms with E-state index in [4.69, 9.17) is 4.74 Å². The largest absolute Gasteiger partial charge is 0.394 e. The molecule has 1 spiro atoms. The Hall–Kier alpha value is -2.33. The van der Waals surface area contributed by atoms with Crippen LogP contribution in [0.15, 0.2) is 59.6 Å². The number of aliphatic hydroxyl groups excluding tert-OH is 1. The summed E-state index contributed by atoms with van der Waals surface area (Å²) in [4.78, 5) is 31.1. The molecular weight excluding hydrogens is 567 g/mol. The molecule has 1 N–H and O–H groups in total. The molecule has 5 rings (SSSR count). The van der Waals surface area contributed by atoms with E-state index in [0.717, 1.165) is 21.3 Å². The first-order chi connectivity index (χ1) is 18.0. The first-order valence-corrected chi connectivity index (χ1v) is 16.8. The molecule has 0 aromatic heterocycles. The fraction of sp³-hybridized carbons (Fsp3) is 0.448. The van der Waals surface area contributed by atoms with Gasteiger partial charge in [-0.1, -0.05) is 53.2 Å². The Morgan fingerprint density at radius 1 is 1.29 bits per heavy atom. The second-order valence-electron chi connectivity index (χ2n) is 11.2. The van der Waals surface area contributed by atoms with E-state index in [0.29, 0.717) is 25.1 Å². The minimum Gasteiger partial charge on any atom is -0.394 e. The van der Waals surface area contributed by atoms with Crippen molar-refractivity contribution in [1.82, 2.24) is 4.90 Å². The highest BCUT2D eigenvalue weighted by Gasteiger charge is 2.67. The number of fused-ring (bicyclic) bond motifs is 3. The Bertz CT molecular complexity index is 1280. The lowest BCUT2D eigenvalue weighted by molar-refractivity contribution is -0.150. The van der Waals surface area contributed by atoms with Gasteiger partial charge in [0.25, 0.3) is 5.91 Å². The van der Waals surface area contributed by atoms with Crippen molar-refractivity contribution in [2.75, 3.05) is 18.1 Å². The first-order valence-electron chi connectivity index (χ1n) is 13.1. The standard InChI is InChI=1S/C29H34BrFN2O4Si/c1-5-12-32-24-11-10-21(30)14-23(24)29(28(32)36)18(2)27(38(3,4)31)25(37-29)15-26(35)33-16-20-9-7-6-8-19(20)13-22(33)17-34/h5-11,14,18,22,25,27,34H,1,12-13,15-17H2,2-4H3/t18-,22-,25+,27-,29+/m0/s1. The Morgan fingerprint density at radius 3 is 2.66 bits per heavy atom. The Balaban J connectivity index is 1.51. The molecular formula is C29H34BrFN2O4Si. The van der Waals surface area contributed by atoms with Gasteiger partial charge in [0.15, 0.2) is 5.60 Å². The smallest absolute Gasteiger partial charge is 0.264 e. The van der Waals surface area contributed by atoms with Crippen LogP contribution in [0.4, 0.5) is 9.80 Å². The first kappa shape index (κ1) is 27.2. The van der Waals surface area contributed by atoms with Crippen LogP contribution in [0.5, 0.6) is 0 Å². The van der Waals surface area contributed by atoms with E-state index >= 15 is 4.11 Å². The number of anilines is 1. The van der Waals surface area contributed by atoms with Gasteiger partial charge in [-0.3, -0.25) is 9.59 Å². The van der Waals surface area contributed by atoms with Crippen molar-refractivity contribution >= 4 is 41.8 Å². The van der Waals surface area contributed by atoms with E-state index in [1.54, 1.807) is 29.0 Å². The minimum absolute atomic E-state index is 0.0478. The molecule has 3 aliphatic heterocycles. The number of halogens is 2. The highest BCUT2D eigenvalue weighted by Crippen LogP contribution is 2.60. The molecule has 3 aliphatic rings. The molecule has 2 aromatic carbocycles. The third-order valence-electron chi connectivity index (χ3n) is 8.50. The minimum atomic E-state index is -3.40. The molecule has 9 heteroatoms. The van der Waals surface area contributed by atoms with E-state index < -0.39 is 31.6 Å². The van der Waals surface area contributed by atoms with E-state index in [1.165, 1.54) is 0 Å². The molecule has 5 atom stereocenters. The fourth-order valence-corrected chi connectivity index (χ4v) is 9.72. The van der Waals surface area contributed by atoms with Crippen LogP contribution in [-0.4, -0.2) is 55.5 Å². The van der Waals surface area contributed by atoms with Crippen molar-refractivity contribution in [3.8, 4) is 0 Å². The van der Waals surface area contributed by atoms with Gasteiger partial charge in [0.1, 0.15) is 0 Å². The molecule has 0 radical (unpaired) electrons. The van der Waals surface area contributed by atoms with Crippen molar-refractivity contribution in [2.45, 2.75) is 62.7 Å². The molecule has 6 nitrogen and oxygen atoms in total. The van der Waals surface area contributed by atoms with Crippen LogP contribution in [0.25, 0.3) is 0 Å². The summed E-state index contributed by atoms with van der Waals surface area (Å²) in [6, 6.07) is 13.2. The second-order valence-corrected chi connectivity index (χ2v) is 15.9. The number of ether oxygens (including phenoxy) is 1. The zero-order chi connectivity index (χ0) is 27.4. The lowest BCUT2D eigenvalue weighted by Crippen LogP contribution is -2.48. The molecule has 2 amide bonds. The fourth-order valence-electron chi connectivity index (χ4n) is 6.86. The zero-order valence-electron chi connectivity index (χ0n) is 22.0. The van der Waals surface area contributed by atoms with Gasteiger partial charge < -0.3 is 23.8 Å². The Kier molecular flexibility index (Phi) is 7.17. The van der Waals surface area contributed by atoms with Crippen LogP contribution < -0.4 is 4.90 Å². The Labute approximate surface area is 232 Å². The van der Waals surface area contributed by atoms with Crippen LogP contribution in [0.2, 0.25) is 18.6 Å². The average molecular weight is 602 g/mol. The number of hydrogen-bond acceptors (Lipinski definition) is 4. The monoisotopic (exact) mass is 600 g/mol. The zero-order valence-corrected chi connectivity index (χ0v) is 24.6. The molecule has 0 bridgehead atoms. The predicted octanol–water partition coefficient (Wildman–Crippen LogP) is 5.09. The quantitative estimate of drug-likeness (QED) is 0.285. The summed E-state index contributed by atoms with van der Waals surface area (Å²) in [6.45, 7) is 9.49. The molecule has 38 heavy (non-hydrogen) atoms. The van der Waals surface area contributed by atoms with Crippen LogP contribution in [0.1, 0.15) is 30.0 Å². The number of aliphatic hydroxyl groups is 1. The number of nitrogens with zero attached hydrogens (tertiary/aromatic N) is 2. The number of carbonyl (C=O) groups is 2. The normalized spacial score (nSPS) is 28.5. The summed E-state index contributed by atoms with van der Waals surface area (Å²) in [5.74, 6) is -0.909. The van der Waals surface area contributed by atoms with E-state index in [9.17, 15) is 14.7 Å². The van der Waals surface area contributed by atoms with Crippen molar-refractivity contribution in [2.24, 2.45) is 5.92 Å². The number of benzene rings is 2. The highest BCUT2D eigenvalue weighted by atomic mass is 79.9. The number of hydrogen-bond donors (Lipinski definition) is 1. The van der Waals surface area contributed by atoms with Crippen molar-refractivity contribution in [3.05, 3.63) is 76.3 Å². The maximum atomic E-state index is 16.0. The third-order valence-corrected chi connectivity index (χ3v) is 11.4. The molecule has 2 aromatic rings. The Morgan fingerprint density at radius 2 is 2.00 bits per heavy atom. The van der Waals surface area contributed by atoms with Gasteiger partial charge in [-0.05, 0) is 48.8 Å². The van der Waals surface area contributed by atoms with Crippen LogP contribution in [0, 0.1) is 5.92 Å². The topological polar surface area (TPSA) is 70.1 Å². The third kappa shape index (κ3) is 4.28. The SMILES string of the molecule is C=CCN1C(=O)[C@]2(O[C@H](CC(=O)N3Cc4ccccc4C[C@H]3CO)[C@@H]([Si](C)(C)F)[C@@H]2C)c2cc(Br)ccc21. The lowest BCUT2D eigenvalue weighted by atomic mass is 9.82. The van der Waals surface area contributed by atoms with Crippen LogP contribution in [0.3, 0.4) is 0 Å². The second kappa shape index (κ2) is 10.0. The highest BCUT2D eigenvalue weighted by molar-refractivity contribution is 9.10. The molecule has 1 saturated heterocycles. The molecule has 0 aliphatic carbocycles. The van der Waals surface area contributed by atoms with Gasteiger partial charge in [-0.15, -0.1) is 6.58 Å². The van der Waals surface area contributed by atoms with Gasteiger partial charge in [-0.2, -0.15) is 0 Å². The molecule has 0 saturated carbocycles. The van der Waals surface area contributed by atoms with E-state index in [-0.39, 0.29) is 30.9 Å². The molecule has 1 fully saturated rings. The maximum Gasteiger partial charge on any atom is 0.264 e. The van der Waals surface area contributed by atoms with Gasteiger partial charge in [0.2, 0.25) is 14.3 Å². The van der Waals surface area contributed by atoms with Crippen molar-refractivity contribution in [3.63, 3.8) is 0 Å². The predicted molar refractivity (Wildman–Crippen MR) is 151 cm³/mol. The average Bonchev–Trinajstić information content (AvgIpc) is 3.29. The number of rotatable bonds is 6. The summed E-state index contributed by atoms with van der Waals surface area (Å²) in [7, 11) is -3.40. The summed E-state index contributed by atoms with van der Waals surface area (Å²) in [5.41, 5.74) is 1.64. The van der Waals surface area contributed by atoms with Gasteiger partial charge >= 0.3 is 0 Å². The van der Waals surface area contributed by atoms with Gasteiger partial charge in [0, 0.05) is 34.6 Å². The number of amides is 2. The maximum absolute atomic E-state index is 16.0. The van der Waals surface area contributed by atoms with Gasteiger partial charge in [-0.25, -0.2) is 0 Å². The van der Waals surface area contributed by atoms with Gasteiger partial charge in [0.05, 0.1) is 30.9 Å². The number of carbonyl (C=O) groups excluding carboxylic acids is 2. The lowest BCUT2D eigenvalue weighted by Gasteiger charge is -2.37. The van der Waals surface area contributed by atoms with Crippen molar-refractivity contribution in [1.29, 1.82) is 0 Å². The van der Waals surface area contributed by atoms with E-state index in [1.807, 2.05) is 49.4 Å². The summed E-state index contributed by atoms with van der Waals surface area (Å²) < 4.78 is 23.5. The van der Waals surface area contributed by atoms with Crippen LogP contribution >= 0.6 is 15.9 Å². The summed E-state index contributed by atoms with van der Waals surface area (Å²) in [6.07, 6.45) is 1.42. The van der Waals surface area contributed by atoms with Crippen molar-refractivity contribution < 1.29 is 23.5 Å². The van der Waals surface area contributed by atoms with E-state index in [2.05, 4.69) is 22.5 Å².